The monoisotopic (exact) mass is 227 g/mol. The minimum Gasteiger partial charge on any atom is -0.467 e. The lowest BCUT2D eigenvalue weighted by atomic mass is 9.81. The van der Waals surface area contributed by atoms with Gasteiger partial charge in [-0.15, -0.1) is 0 Å². The van der Waals surface area contributed by atoms with Crippen LogP contribution in [0.25, 0.3) is 0 Å². The highest BCUT2D eigenvalue weighted by Gasteiger charge is 2.41. The normalized spacial score (nSPS) is 18.9. The van der Waals surface area contributed by atoms with Crippen LogP contribution in [0, 0.1) is 0 Å². The van der Waals surface area contributed by atoms with Crippen LogP contribution in [0.3, 0.4) is 0 Å². The summed E-state index contributed by atoms with van der Waals surface area (Å²) in [5, 5.41) is 2.87. The third kappa shape index (κ3) is 2.97. The van der Waals surface area contributed by atoms with Crippen molar-refractivity contribution in [2.24, 2.45) is 0 Å². The van der Waals surface area contributed by atoms with E-state index in [0.29, 0.717) is 19.3 Å². The van der Waals surface area contributed by atoms with Crippen LogP contribution in [0.1, 0.15) is 51.9 Å². The van der Waals surface area contributed by atoms with Crippen molar-refractivity contribution in [1.82, 2.24) is 5.32 Å². The quantitative estimate of drug-likeness (QED) is 0.745. The molecule has 0 aromatic carbocycles. The molecule has 1 aliphatic rings. The minimum absolute atomic E-state index is 0.0465. The fraction of sp³-hybridized carbons (Fsp3) is 0.833. The number of amides is 1. The lowest BCUT2D eigenvalue weighted by Gasteiger charge is -2.35. The first-order valence-corrected chi connectivity index (χ1v) is 6.04. The second kappa shape index (κ2) is 5.87. The van der Waals surface area contributed by atoms with Gasteiger partial charge in [0.1, 0.15) is 5.54 Å². The van der Waals surface area contributed by atoms with Crippen LogP contribution in [0.2, 0.25) is 0 Å². The highest BCUT2D eigenvalue weighted by Crippen LogP contribution is 2.29. The maximum absolute atomic E-state index is 11.8. The Labute approximate surface area is 96.7 Å². The zero-order valence-corrected chi connectivity index (χ0v) is 10.2. The molecule has 1 N–H and O–H groups in total. The molecule has 1 aliphatic carbocycles. The van der Waals surface area contributed by atoms with Gasteiger partial charge in [0.2, 0.25) is 5.91 Å². The average molecular weight is 227 g/mol. The van der Waals surface area contributed by atoms with Crippen LogP contribution < -0.4 is 5.32 Å². The molecule has 4 heteroatoms. The van der Waals surface area contributed by atoms with Gasteiger partial charge in [-0.2, -0.15) is 0 Å². The highest BCUT2D eigenvalue weighted by molar-refractivity contribution is 5.88. The molecule has 0 radical (unpaired) electrons. The maximum atomic E-state index is 11.8. The van der Waals surface area contributed by atoms with E-state index in [1.54, 1.807) is 0 Å². The first-order chi connectivity index (χ1) is 7.64. The second-order valence-electron chi connectivity index (χ2n) is 4.43. The maximum Gasteiger partial charge on any atom is 0.331 e. The second-order valence-corrected chi connectivity index (χ2v) is 4.43. The van der Waals surface area contributed by atoms with Crippen molar-refractivity contribution in [2.75, 3.05) is 7.11 Å². The number of nitrogens with one attached hydrogen (secondary N) is 1. The summed E-state index contributed by atoms with van der Waals surface area (Å²) >= 11 is 0. The Morgan fingerprint density at radius 2 is 1.88 bits per heavy atom. The first kappa shape index (κ1) is 13.0. The number of carbonyl (C=O) groups excluding carboxylic acids is 2. The number of methoxy groups -OCH3 is 1. The Balaban J connectivity index is 2.70. The third-order valence-electron chi connectivity index (χ3n) is 3.14. The number of esters is 1. The van der Waals surface area contributed by atoms with Crippen LogP contribution >= 0.6 is 0 Å². The van der Waals surface area contributed by atoms with Crippen molar-refractivity contribution in [1.29, 1.82) is 0 Å². The van der Waals surface area contributed by atoms with Gasteiger partial charge < -0.3 is 10.1 Å². The molecule has 0 atom stereocenters. The highest BCUT2D eigenvalue weighted by atomic mass is 16.5. The van der Waals surface area contributed by atoms with E-state index in [1.165, 1.54) is 7.11 Å². The molecular weight excluding hydrogens is 206 g/mol. The van der Waals surface area contributed by atoms with Gasteiger partial charge in [0.15, 0.2) is 0 Å². The molecule has 1 amide bonds. The molecule has 0 aromatic heterocycles. The zero-order chi connectivity index (χ0) is 12.0. The molecule has 4 nitrogen and oxygen atoms in total. The number of ether oxygens (including phenoxy) is 1. The van der Waals surface area contributed by atoms with Gasteiger partial charge in [0, 0.05) is 6.42 Å². The van der Waals surface area contributed by atoms with E-state index in [1.807, 2.05) is 6.92 Å². The Bertz CT molecular complexity index is 257. The lowest BCUT2D eigenvalue weighted by molar-refractivity contribution is -0.152. The van der Waals surface area contributed by atoms with Crippen molar-refractivity contribution in [3.63, 3.8) is 0 Å². The molecule has 0 aliphatic heterocycles. The Hall–Kier alpha value is -1.06. The third-order valence-corrected chi connectivity index (χ3v) is 3.14. The summed E-state index contributed by atoms with van der Waals surface area (Å²) in [4.78, 5) is 23.4. The molecule has 92 valence electrons. The topological polar surface area (TPSA) is 55.4 Å². The van der Waals surface area contributed by atoms with Crippen LogP contribution in [-0.4, -0.2) is 24.5 Å². The van der Waals surface area contributed by atoms with Crippen LogP contribution in [0.4, 0.5) is 0 Å². The summed E-state index contributed by atoms with van der Waals surface area (Å²) < 4.78 is 4.82. The van der Waals surface area contributed by atoms with Crippen molar-refractivity contribution >= 4 is 11.9 Å². The number of rotatable bonds is 4. The van der Waals surface area contributed by atoms with Crippen molar-refractivity contribution < 1.29 is 14.3 Å². The summed E-state index contributed by atoms with van der Waals surface area (Å²) in [6.07, 6.45) is 5.75. The molecule has 0 unspecified atom stereocenters. The van der Waals surface area contributed by atoms with Crippen LogP contribution in [-0.2, 0) is 14.3 Å². The van der Waals surface area contributed by atoms with Crippen LogP contribution in [0.5, 0.6) is 0 Å². The van der Waals surface area contributed by atoms with E-state index in [2.05, 4.69) is 5.32 Å². The molecule has 0 heterocycles. The minimum atomic E-state index is -0.751. The first-order valence-electron chi connectivity index (χ1n) is 6.04. The van der Waals surface area contributed by atoms with Gasteiger partial charge in [-0.05, 0) is 19.3 Å². The fourth-order valence-electron chi connectivity index (χ4n) is 2.29. The Morgan fingerprint density at radius 3 is 2.38 bits per heavy atom. The van der Waals surface area contributed by atoms with E-state index in [9.17, 15) is 9.59 Å². The molecule has 0 saturated heterocycles. The summed E-state index contributed by atoms with van der Waals surface area (Å²) in [7, 11) is 1.38. The molecule has 1 rings (SSSR count). The fourth-order valence-corrected chi connectivity index (χ4v) is 2.29. The number of carbonyl (C=O) groups is 2. The summed E-state index contributed by atoms with van der Waals surface area (Å²) in [5.41, 5.74) is -0.751. The SMILES string of the molecule is CCCC(=O)NC1(C(=O)OC)CCCCC1. The van der Waals surface area contributed by atoms with Crippen molar-refractivity contribution in [2.45, 2.75) is 57.4 Å². The van der Waals surface area contributed by atoms with Gasteiger partial charge in [-0.1, -0.05) is 26.2 Å². The van der Waals surface area contributed by atoms with Gasteiger partial charge in [0.05, 0.1) is 7.11 Å². The van der Waals surface area contributed by atoms with E-state index in [-0.39, 0.29) is 11.9 Å². The molecule has 0 aromatic rings. The predicted octanol–water partition coefficient (Wildman–Crippen LogP) is 1.78. The molecule has 0 bridgehead atoms. The van der Waals surface area contributed by atoms with E-state index >= 15 is 0 Å². The smallest absolute Gasteiger partial charge is 0.331 e. The molecule has 0 spiro atoms. The van der Waals surface area contributed by atoms with Gasteiger partial charge in [-0.3, -0.25) is 4.79 Å². The summed E-state index contributed by atoms with van der Waals surface area (Å²) in [6, 6.07) is 0. The number of hydrogen-bond acceptors (Lipinski definition) is 3. The molecule has 1 saturated carbocycles. The zero-order valence-electron chi connectivity index (χ0n) is 10.2. The van der Waals surface area contributed by atoms with Crippen molar-refractivity contribution in [3.8, 4) is 0 Å². The predicted molar refractivity (Wildman–Crippen MR) is 60.9 cm³/mol. The lowest BCUT2D eigenvalue weighted by Crippen LogP contribution is -2.56. The van der Waals surface area contributed by atoms with E-state index in [0.717, 1.165) is 25.7 Å². The van der Waals surface area contributed by atoms with E-state index in [4.69, 9.17) is 4.74 Å². The standard InChI is InChI=1S/C12H21NO3/c1-3-7-10(14)13-12(11(15)16-2)8-5-4-6-9-12/h3-9H2,1-2H3,(H,13,14). The van der Waals surface area contributed by atoms with E-state index < -0.39 is 5.54 Å². The van der Waals surface area contributed by atoms with Crippen molar-refractivity contribution in [3.05, 3.63) is 0 Å². The molecule has 16 heavy (non-hydrogen) atoms. The average Bonchev–Trinajstić information content (AvgIpc) is 2.29. The Morgan fingerprint density at radius 1 is 1.25 bits per heavy atom. The van der Waals surface area contributed by atoms with Gasteiger partial charge >= 0.3 is 5.97 Å². The summed E-state index contributed by atoms with van der Waals surface area (Å²) in [6.45, 7) is 1.95. The molecule has 1 fully saturated rings. The number of hydrogen-bond donors (Lipinski definition) is 1. The van der Waals surface area contributed by atoms with Gasteiger partial charge in [-0.25, -0.2) is 4.79 Å². The largest absolute Gasteiger partial charge is 0.467 e. The molecular formula is C12H21NO3. The Kier molecular flexibility index (Phi) is 4.77. The van der Waals surface area contributed by atoms with Crippen LogP contribution in [0.15, 0.2) is 0 Å². The van der Waals surface area contributed by atoms with Gasteiger partial charge in [0.25, 0.3) is 0 Å². The summed E-state index contributed by atoms with van der Waals surface area (Å²) in [5.74, 6) is -0.341.